The molecule has 0 aliphatic rings. The Hall–Kier alpha value is -1.71. The number of carbonyl (C=O) groups is 1. The Bertz CT molecular complexity index is 402. The fourth-order valence-corrected chi connectivity index (χ4v) is 1.32. The third-order valence-corrected chi connectivity index (χ3v) is 2.85. The number of ether oxygens (including phenoxy) is 1. The Labute approximate surface area is 102 Å². The van der Waals surface area contributed by atoms with Crippen molar-refractivity contribution in [2.75, 3.05) is 19.4 Å². The molecule has 17 heavy (non-hydrogen) atoms. The Morgan fingerprint density at radius 2 is 2.12 bits per heavy atom. The molecule has 4 nitrogen and oxygen atoms in total. The first-order chi connectivity index (χ1) is 7.93. The maximum Gasteiger partial charge on any atom is 0.260 e. The van der Waals surface area contributed by atoms with Crippen LogP contribution in [0.3, 0.4) is 0 Å². The first kappa shape index (κ1) is 13.4. The van der Waals surface area contributed by atoms with Crippen LogP contribution in [0.4, 0.5) is 5.69 Å². The second kappa shape index (κ2) is 5.57. The molecular formula is C13H20N2O2. The Morgan fingerprint density at radius 3 is 2.71 bits per heavy atom. The third kappa shape index (κ3) is 3.37. The van der Waals surface area contributed by atoms with Crippen LogP contribution in [0.15, 0.2) is 18.2 Å². The molecule has 0 fully saturated rings. The van der Waals surface area contributed by atoms with Crippen molar-refractivity contribution in [1.29, 1.82) is 0 Å². The van der Waals surface area contributed by atoms with Crippen LogP contribution in [0, 0.1) is 6.92 Å². The van der Waals surface area contributed by atoms with E-state index in [1.165, 1.54) is 0 Å². The zero-order valence-corrected chi connectivity index (χ0v) is 10.9. The maximum atomic E-state index is 11.7. The summed E-state index contributed by atoms with van der Waals surface area (Å²) in [5.74, 6) is 0.623. The van der Waals surface area contributed by atoms with E-state index in [0.29, 0.717) is 11.4 Å². The summed E-state index contributed by atoms with van der Waals surface area (Å²) in [6.45, 7) is 5.84. The van der Waals surface area contributed by atoms with Crippen LogP contribution in [0.2, 0.25) is 0 Å². The van der Waals surface area contributed by atoms with Crippen molar-refractivity contribution in [3.63, 3.8) is 0 Å². The number of likely N-dealkylation sites (N-methyl/N-ethyl adjacent to an activating group) is 1. The van der Waals surface area contributed by atoms with E-state index >= 15 is 0 Å². The van der Waals surface area contributed by atoms with E-state index in [0.717, 1.165) is 5.56 Å². The number of rotatable bonds is 4. The van der Waals surface area contributed by atoms with E-state index in [1.54, 1.807) is 11.9 Å². The molecule has 0 radical (unpaired) electrons. The van der Waals surface area contributed by atoms with E-state index in [1.807, 2.05) is 39.0 Å². The van der Waals surface area contributed by atoms with Crippen molar-refractivity contribution in [2.45, 2.75) is 26.8 Å². The minimum absolute atomic E-state index is 0.0400. The van der Waals surface area contributed by atoms with Gasteiger partial charge < -0.3 is 15.4 Å². The molecule has 1 aromatic rings. The number of amides is 1. The Kier molecular flexibility index (Phi) is 4.37. The van der Waals surface area contributed by atoms with Gasteiger partial charge in [0.25, 0.3) is 5.91 Å². The zero-order valence-electron chi connectivity index (χ0n) is 10.9. The van der Waals surface area contributed by atoms with E-state index in [4.69, 9.17) is 10.5 Å². The second-order valence-electron chi connectivity index (χ2n) is 4.36. The van der Waals surface area contributed by atoms with Gasteiger partial charge in [0, 0.05) is 24.3 Å². The highest BCUT2D eigenvalue weighted by Crippen LogP contribution is 2.22. The fourth-order valence-electron chi connectivity index (χ4n) is 1.32. The number of nitrogens with two attached hydrogens (primary N) is 1. The van der Waals surface area contributed by atoms with Crippen LogP contribution in [-0.4, -0.2) is 30.5 Å². The molecule has 0 aliphatic carbocycles. The van der Waals surface area contributed by atoms with E-state index < -0.39 is 0 Å². The van der Waals surface area contributed by atoms with Gasteiger partial charge in [-0.2, -0.15) is 0 Å². The van der Waals surface area contributed by atoms with Crippen LogP contribution in [0.25, 0.3) is 0 Å². The molecular weight excluding hydrogens is 216 g/mol. The summed E-state index contributed by atoms with van der Waals surface area (Å²) in [7, 11) is 1.77. The largest absolute Gasteiger partial charge is 0.483 e. The average Bonchev–Trinajstić information content (AvgIpc) is 2.29. The molecule has 0 atom stereocenters. The number of hydrogen-bond donors (Lipinski definition) is 1. The van der Waals surface area contributed by atoms with Gasteiger partial charge in [0.2, 0.25) is 0 Å². The lowest BCUT2D eigenvalue weighted by molar-refractivity contribution is -0.133. The Balaban J connectivity index is 2.62. The number of anilines is 1. The molecule has 1 aromatic carbocycles. The first-order valence-corrected chi connectivity index (χ1v) is 5.67. The summed E-state index contributed by atoms with van der Waals surface area (Å²) < 4.78 is 5.48. The van der Waals surface area contributed by atoms with Crippen molar-refractivity contribution in [2.24, 2.45) is 0 Å². The predicted octanol–water partition coefficient (Wildman–Crippen LogP) is 1.82. The van der Waals surface area contributed by atoms with Gasteiger partial charge in [-0.15, -0.1) is 0 Å². The second-order valence-corrected chi connectivity index (χ2v) is 4.36. The lowest BCUT2D eigenvalue weighted by Crippen LogP contribution is -2.36. The molecule has 0 bridgehead atoms. The molecule has 0 aromatic heterocycles. The molecule has 4 heteroatoms. The van der Waals surface area contributed by atoms with E-state index in [2.05, 4.69) is 0 Å². The molecule has 0 saturated heterocycles. The quantitative estimate of drug-likeness (QED) is 0.811. The van der Waals surface area contributed by atoms with Crippen LogP contribution >= 0.6 is 0 Å². The van der Waals surface area contributed by atoms with Crippen molar-refractivity contribution >= 4 is 11.6 Å². The topological polar surface area (TPSA) is 55.6 Å². The fraction of sp³-hybridized carbons (Fsp3) is 0.462. The monoisotopic (exact) mass is 236 g/mol. The SMILES string of the molecule is Cc1c(N)cccc1OCC(=O)N(C)C(C)C. The summed E-state index contributed by atoms with van der Waals surface area (Å²) >= 11 is 0. The summed E-state index contributed by atoms with van der Waals surface area (Å²) in [5.41, 5.74) is 7.30. The summed E-state index contributed by atoms with van der Waals surface area (Å²) in [6.07, 6.45) is 0. The molecule has 0 unspecified atom stereocenters. The highest BCUT2D eigenvalue weighted by Gasteiger charge is 2.13. The third-order valence-electron chi connectivity index (χ3n) is 2.85. The molecule has 1 rings (SSSR count). The van der Waals surface area contributed by atoms with Crippen molar-refractivity contribution in [1.82, 2.24) is 4.90 Å². The normalized spacial score (nSPS) is 10.4. The van der Waals surface area contributed by atoms with Gasteiger partial charge in [-0.3, -0.25) is 4.79 Å². The molecule has 0 spiro atoms. The minimum atomic E-state index is -0.0400. The van der Waals surface area contributed by atoms with E-state index in [-0.39, 0.29) is 18.6 Å². The molecule has 2 N–H and O–H groups in total. The molecule has 1 amide bonds. The van der Waals surface area contributed by atoms with Crippen molar-refractivity contribution in [3.05, 3.63) is 23.8 Å². The Morgan fingerprint density at radius 1 is 1.47 bits per heavy atom. The summed E-state index contributed by atoms with van der Waals surface area (Å²) in [4.78, 5) is 13.4. The van der Waals surface area contributed by atoms with Gasteiger partial charge in [-0.25, -0.2) is 0 Å². The number of carbonyl (C=O) groups excluding carboxylic acids is 1. The van der Waals surface area contributed by atoms with Gasteiger partial charge in [0.15, 0.2) is 6.61 Å². The van der Waals surface area contributed by atoms with Crippen molar-refractivity contribution in [3.8, 4) is 5.75 Å². The molecule has 94 valence electrons. The minimum Gasteiger partial charge on any atom is -0.483 e. The standard InChI is InChI=1S/C13H20N2O2/c1-9(2)15(4)13(16)8-17-12-7-5-6-11(14)10(12)3/h5-7,9H,8,14H2,1-4H3. The molecule has 0 aliphatic heterocycles. The van der Waals surface area contributed by atoms with Crippen LogP contribution in [0.5, 0.6) is 5.75 Å². The first-order valence-electron chi connectivity index (χ1n) is 5.67. The van der Waals surface area contributed by atoms with Crippen LogP contribution < -0.4 is 10.5 Å². The predicted molar refractivity (Wildman–Crippen MR) is 69.0 cm³/mol. The number of nitrogens with zero attached hydrogens (tertiary/aromatic N) is 1. The van der Waals surface area contributed by atoms with Gasteiger partial charge >= 0.3 is 0 Å². The van der Waals surface area contributed by atoms with Crippen LogP contribution in [-0.2, 0) is 4.79 Å². The number of nitrogen functional groups attached to an aromatic ring is 1. The van der Waals surface area contributed by atoms with Gasteiger partial charge in [-0.05, 0) is 32.9 Å². The highest BCUT2D eigenvalue weighted by molar-refractivity contribution is 5.77. The van der Waals surface area contributed by atoms with Gasteiger partial charge in [-0.1, -0.05) is 6.07 Å². The molecule has 0 heterocycles. The zero-order chi connectivity index (χ0) is 13.0. The average molecular weight is 236 g/mol. The number of hydrogen-bond acceptors (Lipinski definition) is 3. The summed E-state index contributed by atoms with van der Waals surface area (Å²) in [6, 6.07) is 5.61. The highest BCUT2D eigenvalue weighted by atomic mass is 16.5. The van der Waals surface area contributed by atoms with Crippen molar-refractivity contribution < 1.29 is 9.53 Å². The number of benzene rings is 1. The lowest BCUT2D eigenvalue weighted by Gasteiger charge is -2.21. The maximum absolute atomic E-state index is 11.7. The van der Waals surface area contributed by atoms with E-state index in [9.17, 15) is 4.79 Å². The summed E-state index contributed by atoms with van der Waals surface area (Å²) in [5, 5.41) is 0. The lowest BCUT2D eigenvalue weighted by atomic mass is 10.2. The van der Waals surface area contributed by atoms with Crippen LogP contribution in [0.1, 0.15) is 19.4 Å². The van der Waals surface area contributed by atoms with Gasteiger partial charge in [0.1, 0.15) is 5.75 Å². The molecule has 0 saturated carbocycles. The smallest absolute Gasteiger partial charge is 0.260 e. The van der Waals surface area contributed by atoms with Gasteiger partial charge in [0.05, 0.1) is 0 Å².